The van der Waals surface area contributed by atoms with Crippen LogP contribution in [-0.2, 0) is 19.1 Å². The number of hydrogen-bond acceptors (Lipinski definition) is 4. The molecular formula is C14H23NO5. The molecule has 1 fully saturated rings. The first-order valence-electron chi connectivity index (χ1n) is 6.99. The Kier molecular flexibility index (Phi) is 5.98. The zero-order chi connectivity index (χ0) is 15.3. The molecule has 0 radical (unpaired) electrons. The van der Waals surface area contributed by atoms with Crippen LogP contribution in [0.25, 0.3) is 0 Å². The van der Waals surface area contributed by atoms with Gasteiger partial charge in [0.15, 0.2) is 0 Å². The number of aliphatic carboxylic acids is 1. The third kappa shape index (κ3) is 3.95. The third-order valence-corrected chi connectivity index (χ3v) is 3.84. The van der Waals surface area contributed by atoms with Crippen LogP contribution in [0, 0.1) is 17.8 Å². The summed E-state index contributed by atoms with van der Waals surface area (Å²) in [4.78, 5) is 35.1. The first-order chi connectivity index (χ1) is 9.38. The molecule has 0 aromatic carbocycles. The lowest BCUT2D eigenvalue weighted by atomic mass is 9.78. The summed E-state index contributed by atoms with van der Waals surface area (Å²) >= 11 is 0. The van der Waals surface area contributed by atoms with Gasteiger partial charge in [0.1, 0.15) is 6.04 Å². The molecule has 6 heteroatoms. The first-order valence-corrected chi connectivity index (χ1v) is 6.99. The van der Waals surface area contributed by atoms with E-state index >= 15 is 0 Å². The fourth-order valence-corrected chi connectivity index (χ4v) is 2.63. The van der Waals surface area contributed by atoms with Crippen LogP contribution in [-0.4, -0.2) is 36.1 Å². The Bertz CT molecular complexity index is 380. The normalized spacial score (nSPS) is 24.0. The third-order valence-electron chi connectivity index (χ3n) is 3.84. The van der Waals surface area contributed by atoms with E-state index in [1.807, 2.05) is 0 Å². The van der Waals surface area contributed by atoms with E-state index in [-0.39, 0.29) is 11.8 Å². The highest BCUT2D eigenvalue weighted by Crippen LogP contribution is 2.30. The number of methoxy groups -OCH3 is 1. The molecule has 20 heavy (non-hydrogen) atoms. The smallest absolute Gasteiger partial charge is 0.328 e. The lowest BCUT2D eigenvalue weighted by Gasteiger charge is -2.29. The Morgan fingerprint density at radius 1 is 1.15 bits per heavy atom. The van der Waals surface area contributed by atoms with Gasteiger partial charge in [0, 0.05) is 0 Å². The van der Waals surface area contributed by atoms with Gasteiger partial charge in [0.2, 0.25) is 5.91 Å². The molecule has 0 spiro atoms. The predicted molar refractivity (Wildman–Crippen MR) is 71.9 cm³/mol. The Labute approximate surface area is 118 Å². The monoisotopic (exact) mass is 285 g/mol. The van der Waals surface area contributed by atoms with E-state index in [9.17, 15) is 19.5 Å². The second kappa shape index (κ2) is 7.26. The lowest BCUT2D eigenvalue weighted by Crippen LogP contribution is -2.49. The van der Waals surface area contributed by atoms with Crippen molar-refractivity contribution in [2.75, 3.05) is 7.11 Å². The van der Waals surface area contributed by atoms with E-state index in [1.165, 1.54) is 7.11 Å². The van der Waals surface area contributed by atoms with Crippen molar-refractivity contribution in [2.24, 2.45) is 17.8 Å². The zero-order valence-corrected chi connectivity index (χ0v) is 12.2. The van der Waals surface area contributed by atoms with E-state index in [2.05, 4.69) is 10.1 Å². The molecule has 0 aromatic rings. The van der Waals surface area contributed by atoms with Crippen molar-refractivity contribution in [3.8, 4) is 0 Å². The van der Waals surface area contributed by atoms with Crippen LogP contribution in [0.1, 0.15) is 39.5 Å². The number of rotatable bonds is 5. The van der Waals surface area contributed by atoms with Crippen LogP contribution in [0.4, 0.5) is 0 Å². The van der Waals surface area contributed by atoms with E-state index in [4.69, 9.17) is 0 Å². The van der Waals surface area contributed by atoms with Crippen molar-refractivity contribution >= 4 is 17.8 Å². The topological polar surface area (TPSA) is 92.7 Å². The van der Waals surface area contributed by atoms with Crippen molar-refractivity contribution in [2.45, 2.75) is 45.6 Å². The van der Waals surface area contributed by atoms with Gasteiger partial charge < -0.3 is 15.2 Å². The summed E-state index contributed by atoms with van der Waals surface area (Å²) < 4.78 is 4.67. The van der Waals surface area contributed by atoms with Crippen molar-refractivity contribution in [1.82, 2.24) is 5.32 Å². The Balaban J connectivity index is 2.76. The lowest BCUT2D eigenvalue weighted by molar-refractivity contribution is -0.151. The van der Waals surface area contributed by atoms with Gasteiger partial charge in [-0.3, -0.25) is 9.59 Å². The van der Waals surface area contributed by atoms with E-state index in [0.717, 1.165) is 12.8 Å². The second-order valence-corrected chi connectivity index (χ2v) is 5.59. The quantitative estimate of drug-likeness (QED) is 0.740. The second-order valence-electron chi connectivity index (χ2n) is 5.59. The fraction of sp³-hybridized carbons (Fsp3) is 0.786. The van der Waals surface area contributed by atoms with Crippen LogP contribution >= 0.6 is 0 Å². The average Bonchev–Trinajstić information content (AvgIpc) is 2.43. The van der Waals surface area contributed by atoms with Gasteiger partial charge in [0.25, 0.3) is 0 Å². The van der Waals surface area contributed by atoms with E-state index in [1.54, 1.807) is 13.8 Å². The molecule has 1 unspecified atom stereocenters. The maximum Gasteiger partial charge on any atom is 0.328 e. The number of amides is 1. The molecule has 1 rings (SSSR count). The SMILES string of the molecule is COC(=O)C(NC(=O)[C@@H]1CCCC[C@@H]1C(=O)O)C(C)C. The largest absolute Gasteiger partial charge is 0.481 e. The molecule has 0 aliphatic heterocycles. The number of carbonyl (C=O) groups excluding carboxylic acids is 2. The number of esters is 1. The standard InChI is InChI=1S/C14H23NO5/c1-8(2)11(14(19)20-3)15-12(16)9-6-4-5-7-10(9)13(17)18/h8-11H,4-7H2,1-3H3,(H,15,16)(H,17,18)/t9-,10+,11?/m1/s1. The molecule has 1 amide bonds. The van der Waals surface area contributed by atoms with Crippen molar-refractivity contribution in [1.29, 1.82) is 0 Å². The maximum absolute atomic E-state index is 12.3. The van der Waals surface area contributed by atoms with Crippen LogP contribution in [0.3, 0.4) is 0 Å². The van der Waals surface area contributed by atoms with Gasteiger partial charge in [-0.2, -0.15) is 0 Å². The van der Waals surface area contributed by atoms with Gasteiger partial charge in [0.05, 0.1) is 18.9 Å². The molecule has 114 valence electrons. The van der Waals surface area contributed by atoms with Crippen LogP contribution in [0.15, 0.2) is 0 Å². The Morgan fingerprint density at radius 3 is 2.15 bits per heavy atom. The molecule has 0 heterocycles. The van der Waals surface area contributed by atoms with Crippen molar-refractivity contribution in [3.05, 3.63) is 0 Å². The van der Waals surface area contributed by atoms with E-state index < -0.39 is 29.8 Å². The van der Waals surface area contributed by atoms with Crippen LogP contribution < -0.4 is 5.32 Å². The maximum atomic E-state index is 12.3. The summed E-state index contributed by atoms with van der Waals surface area (Å²) in [7, 11) is 1.27. The summed E-state index contributed by atoms with van der Waals surface area (Å²) in [5.74, 6) is -3.14. The van der Waals surface area contributed by atoms with Crippen LogP contribution in [0.5, 0.6) is 0 Å². The summed E-state index contributed by atoms with van der Waals surface area (Å²) in [6, 6.07) is -0.733. The molecular weight excluding hydrogens is 262 g/mol. The Hall–Kier alpha value is -1.59. The van der Waals surface area contributed by atoms with Gasteiger partial charge in [-0.05, 0) is 18.8 Å². The summed E-state index contributed by atoms with van der Waals surface area (Å²) in [6.45, 7) is 3.61. The van der Waals surface area contributed by atoms with Gasteiger partial charge in [-0.1, -0.05) is 26.7 Å². The van der Waals surface area contributed by atoms with Crippen molar-refractivity contribution in [3.63, 3.8) is 0 Å². The number of carboxylic acid groups (broad SMARTS) is 1. The minimum atomic E-state index is -0.941. The predicted octanol–water partition coefficient (Wildman–Crippen LogP) is 1.19. The number of ether oxygens (including phenoxy) is 1. The highest BCUT2D eigenvalue weighted by atomic mass is 16.5. The number of nitrogens with one attached hydrogen (secondary N) is 1. The van der Waals surface area contributed by atoms with Gasteiger partial charge in [-0.25, -0.2) is 4.79 Å². The minimum absolute atomic E-state index is 0.113. The highest BCUT2D eigenvalue weighted by Gasteiger charge is 2.37. The molecule has 1 saturated carbocycles. The average molecular weight is 285 g/mol. The minimum Gasteiger partial charge on any atom is -0.481 e. The Morgan fingerprint density at radius 2 is 1.70 bits per heavy atom. The number of carboxylic acids is 1. The van der Waals surface area contributed by atoms with Gasteiger partial charge in [-0.15, -0.1) is 0 Å². The summed E-state index contributed by atoms with van der Waals surface area (Å²) in [5.41, 5.74) is 0. The first kappa shape index (κ1) is 16.5. The van der Waals surface area contributed by atoms with Crippen LogP contribution in [0.2, 0.25) is 0 Å². The zero-order valence-electron chi connectivity index (χ0n) is 12.2. The summed E-state index contributed by atoms with van der Waals surface area (Å²) in [6.07, 6.45) is 2.73. The summed E-state index contributed by atoms with van der Waals surface area (Å²) in [5, 5.41) is 11.8. The molecule has 1 aliphatic carbocycles. The van der Waals surface area contributed by atoms with Gasteiger partial charge >= 0.3 is 11.9 Å². The molecule has 0 saturated heterocycles. The molecule has 0 bridgehead atoms. The molecule has 1 aliphatic rings. The highest BCUT2D eigenvalue weighted by molar-refractivity contribution is 5.88. The number of carbonyl (C=O) groups is 3. The molecule has 2 N–H and O–H groups in total. The molecule has 6 nitrogen and oxygen atoms in total. The fourth-order valence-electron chi connectivity index (χ4n) is 2.63. The number of hydrogen-bond donors (Lipinski definition) is 2. The molecule has 3 atom stereocenters. The molecule has 0 aromatic heterocycles. The van der Waals surface area contributed by atoms with E-state index in [0.29, 0.717) is 12.8 Å². The van der Waals surface area contributed by atoms with Crippen molar-refractivity contribution < 1.29 is 24.2 Å².